The van der Waals surface area contributed by atoms with Crippen LogP contribution in [0.15, 0.2) is 41.5 Å². The van der Waals surface area contributed by atoms with Crippen molar-refractivity contribution in [3.05, 3.63) is 52.9 Å². The third kappa shape index (κ3) is 3.05. The molecule has 2 unspecified atom stereocenters. The molecule has 2 atom stereocenters. The standard InChI is InChI=1S/C19H19ClFN3OS/c1-25-17-6-4-14(9-22-17)23-18(26-2)24-10-12-8-19(12,11-24)15-5-3-13(21)7-16(15)20/h3-7,9,12H,8,10-11H2,1-2H3/b23-18+. The topological polar surface area (TPSA) is 37.7 Å². The molecule has 1 aromatic heterocycles. The molecule has 0 amide bonds. The van der Waals surface area contributed by atoms with E-state index in [1.165, 1.54) is 12.1 Å². The Morgan fingerprint density at radius 3 is 2.92 bits per heavy atom. The molecule has 0 radical (unpaired) electrons. The van der Waals surface area contributed by atoms with Gasteiger partial charge in [-0.15, -0.1) is 0 Å². The van der Waals surface area contributed by atoms with Crippen LogP contribution in [-0.4, -0.2) is 41.5 Å². The summed E-state index contributed by atoms with van der Waals surface area (Å²) in [6.07, 6.45) is 4.83. The number of halogens is 2. The van der Waals surface area contributed by atoms with E-state index in [2.05, 4.69) is 9.88 Å². The van der Waals surface area contributed by atoms with E-state index in [9.17, 15) is 4.39 Å². The number of likely N-dealkylation sites (tertiary alicyclic amines) is 1. The quantitative estimate of drug-likeness (QED) is 0.570. The molecule has 0 spiro atoms. The van der Waals surface area contributed by atoms with Gasteiger partial charge in [-0.3, -0.25) is 0 Å². The number of piperidine rings is 1. The van der Waals surface area contributed by atoms with E-state index in [1.54, 1.807) is 31.1 Å². The lowest BCUT2D eigenvalue weighted by Crippen LogP contribution is -2.30. The second-order valence-electron chi connectivity index (χ2n) is 6.72. The molecule has 0 N–H and O–H groups in total. The zero-order valence-corrected chi connectivity index (χ0v) is 16.1. The molecule has 0 bridgehead atoms. The van der Waals surface area contributed by atoms with Crippen LogP contribution in [0.4, 0.5) is 10.1 Å². The van der Waals surface area contributed by atoms with E-state index in [1.807, 2.05) is 18.4 Å². The normalized spacial score (nSPS) is 24.5. The molecule has 1 aromatic carbocycles. The maximum atomic E-state index is 13.4. The number of ether oxygens (including phenoxy) is 1. The first kappa shape index (κ1) is 17.6. The highest BCUT2D eigenvalue weighted by atomic mass is 35.5. The van der Waals surface area contributed by atoms with E-state index in [4.69, 9.17) is 21.3 Å². The highest BCUT2D eigenvalue weighted by Gasteiger charge is 2.61. The van der Waals surface area contributed by atoms with Crippen molar-refractivity contribution in [3.8, 4) is 5.88 Å². The van der Waals surface area contributed by atoms with Crippen molar-refractivity contribution in [3.63, 3.8) is 0 Å². The molecule has 2 aromatic rings. The van der Waals surface area contributed by atoms with Crippen LogP contribution in [-0.2, 0) is 5.41 Å². The number of thioether (sulfide) groups is 1. The van der Waals surface area contributed by atoms with Crippen LogP contribution in [0.25, 0.3) is 0 Å². The van der Waals surface area contributed by atoms with Crippen LogP contribution < -0.4 is 4.74 Å². The number of benzene rings is 1. The van der Waals surface area contributed by atoms with Crippen LogP contribution in [0, 0.1) is 11.7 Å². The van der Waals surface area contributed by atoms with Crippen molar-refractivity contribution in [2.45, 2.75) is 11.8 Å². The van der Waals surface area contributed by atoms with E-state index in [0.29, 0.717) is 16.8 Å². The second-order valence-corrected chi connectivity index (χ2v) is 7.90. The summed E-state index contributed by atoms with van der Waals surface area (Å²) in [7, 11) is 1.59. The van der Waals surface area contributed by atoms with Crippen molar-refractivity contribution in [2.75, 3.05) is 26.5 Å². The minimum absolute atomic E-state index is 0.0272. The van der Waals surface area contributed by atoms with E-state index in [0.717, 1.165) is 35.9 Å². The summed E-state index contributed by atoms with van der Waals surface area (Å²) in [6.45, 7) is 1.79. The fraction of sp³-hybridized carbons (Fsp3) is 0.368. The largest absolute Gasteiger partial charge is 0.481 e. The van der Waals surface area contributed by atoms with Gasteiger partial charge in [-0.2, -0.15) is 0 Å². The summed E-state index contributed by atoms with van der Waals surface area (Å²) in [5.41, 5.74) is 1.88. The van der Waals surface area contributed by atoms with E-state index in [-0.39, 0.29) is 11.2 Å². The molecule has 26 heavy (non-hydrogen) atoms. The zero-order valence-electron chi connectivity index (χ0n) is 14.6. The van der Waals surface area contributed by atoms with Gasteiger partial charge in [-0.25, -0.2) is 14.4 Å². The van der Waals surface area contributed by atoms with Gasteiger partial charge in [0.1, 0.15) is 5.82 Å². The molecule has 2 fully saturated rings. The second kappa shape index (κ2) is 6.74. The minimum atomic E-state index is -0.291. The molecule has 7 heteroatoms. The third-order valence-electron chi connectivity index (χ3n) is 5.22. The van der Waals surface area contributed by atoms with Crippen LogP contribution in [0.3, 0.4) is 0 Å². The molecule has 1 saturated carbocycles. The maximum Gasteiger partial charge on any atom is 0.213 e. The third-order valence-corrected chi connectivity index (χ3v) is 6.25. The molecule has 1 saturated heterocycles. The Balaban J connectivity index is 1.56. The van der Waals surface area contributed by atoms with Gasteiger partial charge in [-0.05, 0) is 42.4 Å². The number of fused-ring (bicyclic) bond motifs is 1. The Hall–Kier alpha value is -1.79. The predicted octanol–water partition coefficient (Wildman–Crippen LogP) is 4.51. The monoisotopic (exact) mass is 391 g/mol. The summed E-state index contributed by atoms with van der Waals surface area (Å²) in [4.78, 5) is 11.2. The van der Waals surface area contributed by atoms with Crippen molar-refractivity contribution in [2.24, 2.45) is 10.9 Å². The number of nitrogens with zero attached hydrogens (tertiary/aromatic N) is 3. The maximum absolute atomic E-state index is 13.4. The number of rotatable bonds is 3. The summed E-state index contributed by atoms with van der Waals surface area (Å²) in [5.74, 6) is 0.819. The molecular weight excluding hydrogens is 373 g/mol. The Morgan fingerprint density at radius 2 is 2.27 bits per heavy atom. The van der Waals surface area contributed by atoms with Crippen molar-refractivity contribution < 1.29 is 9.13 Å². The van der Waals surface area contributed by atoms with Crippen LogP contribution in [0.2, 0.25) is 5.02 Å². The first-order valence-corrected chi connectivity index (χ1v) is 9.99. The number of methoxy groups -OCH3 is 1. The smallest absolute Gasteiger partial charge is 0.213 e. The molecule has 4 rings (SSSR count). The Labute approximate surface area is 161 Å². The van der Waals surface area contributed by atoms with Gasteiger partial charge in [0, 0.05) is 29.6 Å². The summed E-state index contributed by atoms with van der Waals surface area (Å²) in [5, 5.41) is 1.48. The highest BCUT2D eigenvalue weighted by Crippen LogP contribution is 2.60. The minimum Gasteiger partial charge on any atom is -0.481 e. The van der Waals surface area contributed by atoms with Gasteiger partial charge >= 0.3 is 0 Å². The van der Waals surface area contributed by atoms with Crippen LogP contribution in [0.1, 0.15) is 12.0 Å². The predicted molar refractivity (Wildman–Crippen MR) is 104 cm³/mol. The summed E-state index contributed by atoms with van der Waals surface area (Å²) >= 11 is 7.95. The highest BCUT2D eigenvalue weighted by molar-refractivity contribution is 8.13. The average Bonchev–Trinajstić information content (AvgIpc) is 3.20. The number of hydrogen-bond acceptors (Lipinski definition) is 4. The average molecular weight is 392 g/mol. The summed E-state index contributed by atoms with van der Waals surface area (Å²) < 4.78 is 18.5. The van der Waals surface area contributed by atoms with E-state index >= 15 is 0 Å². The first-order valence-electron chi connectivity index (χ1n) is 8.39. The molecular formula is C19H19ClFN3OS. The number of aliphatic imine (C=N–C) groups is 1. The summed E-state index contributed by atoms with van der Waals surface area (Å²) in [6, 6.07) is 8.45. The van der Waals surface area contributed by atoms with Crippen molar-refractivity contribution in [1.82, 2.24) is 9.88 Å². The lowest BCUT2D eigenvalue weighted by molar-refractivity contribution is 0.398. The molecule has 2 heterocycles. The van der Waals surface area contributed by atoms with Gasteiger partial charge in [0.25, 0.3) is 0 Å². The van der Waals surface area contributed by atoms with Crippen molar-refractivity contribution in [1.29, 1.82) is 0 Å². The molecule has 1 aliphatic heterocycles. The van der Waals surface area contributed by atoms with Gasteiger partial charge in [-0.1, -0.05) is 29.4 Å². The zero-order chi connectivity index (χ0) is 18.3. The molecule has 136 valence electrons. The lowest BCUT2D eigenvalue weighted by atomic mass is 9.95. The number of amidine groups is 1. The Kier molecular flexibility index (Phi) is 4.57. The van der Waals surface area contributed by atoms with Crippen molar-refractivity contribution >= 4 is 34.2 Å². The molecule has 2 aliphatic rings. The molecule has 1 aliphatic carbocycles. The fourth-order valence-corrected chi connectivity index (χ4v) is 4.80. The van der Waals surface area contributed by atoms with Gasteiger partial charge in [0.15, 0.2) is 5.17 Å². The number of aromatic nitrogens is 1. The van der Waals surface area contributed by atoms with Crippen LogP contribution >= 0.6 is 23.4 Å². The van der Waals surface area contributed by atoms with Gasteiger partial charge in [0.2, 0.25) is 5.88 Å². The number of hydrogen-bond donors (Lipinski definition) is 0. The molecule has 4 nitrogen and oxygen atoms in total. The number of pyridine rings is 1. The SMILES string of the molecule is COc1ccc(/N=C(/SC)N2CC3CC3(c3ccc(F)cc3Cl)C2)cn1. The van der Waals surface area contributed by atoms with Gasteiger partial charge < -0.3 is 9.64 Å². The Morgan fingerprint density at radius 1 is 1.42 bits per heavy atom. The lowest BCUT2D eigenvalue weighted by Gasteiger charge is -2.24. The van der Waals surface area contributed by atoms with Gasteiger partial charge in [0.05, 0.1) is 19.0 Å². The fourth-order valence-electron chi connectivity index (χ4n) is 3.85. The van der Waals surface area contributed by atoms with E-state index < -0.39 is 0 Å². The van der Waals surface area contributed by atoms with Crippen LogP contribution in [0.5, 0.6) is 5.88 Å². The Bertz CT molecular complexity index is 860. The first-order chi connectivity index (χ1) is 12.6.